The second kappa shape index (κ2) is 33.0. The van der Waals surface area contributed by atoms with Crippen molar-refractivity contribution in [2.24, 2.45) is 0 Å². The molecule has 10 aromatic heterocycles. The maximum Gasteiger partial charge on any atom is 0.165 e. The molecule has 0 saturated heterocycles. The van der Waals surface area contributed by atoms with Gasteiger partial charge in [0.15, 0.2) is 52.4 Å². The second-order valence-corrected chi connectivity index (χ2v) is 40.0. The van der Waals surface area contributed by atoms with Gasteiger partial charge in [-0.15, -0.1) is 34.0 Å². The number of hydrogen-bond acceptors (Lipinski definition) is 16. The van der Waals surface area contributed by atoms with Crippen molar-refractivity contribution in [2.45, 2.75) is 16.2 Å². The first-order valence-electron chi connectivity index (χ1n) is 48.1. The van der Waals surface area contributed by atoms with Gasteiger partial charge in [0.05, 0.1) is 16.2 Å². The molecule has 0 bridgehead atoms. The molecule has 0 N–H and O–H groups in total. The van der Waals surface area contributed by atoms with Crippen LogP contribution in [0.15, 0.2) is 456 Å². The van der Waals surface area contributed by atoms with Gasteiger partial charge < -0.3 is 0 Å². The summed E-state index contributed by atoms with van der Waals surface area (Å²) in [5.41, 5.74) is 36.4. The fraction of sp³-hybridized carbons (Fsp3) is 0.0234. The van der Waals surface area contributed by atoms with Crippen LogP contribution in [0.5, 0.6) is 0 Å². The lowest BCUT2D eigenvalue weighted by Crippen LogP contribution is -2.24. The summed E-state index contributed by atoms with van der Waals surface area (Å²) in [7, 11) is 0. The molecule has 13 nitrogen and oxygen atoms in total. The molecule has 6 aliphatic rings. The quantitative estimate of drug-likeness (QED) is 0.127. The van der Waals surface area contributed by atoms with Crippen molar-refractivity contribution in [1.82, 2.24) is 64.8 Å². The number of thiophene rings is 3. The van der Waals surface area contributed by atoms with Gasteiger partial charge in [0, 0.05) is 161 Å². The maximum atomic E-state index is 5.30. The van der Waals surface area contributed by atoms with Crippen LogP contribution < -0.4 is 0 Å². The first-order chi connectivity index (χ1) is 71.4. The normalized spacial score (nSPS) is 14.0. The topological polar surface area (TPSA) is 168 Å². The summed E-state index contributed by atoms with van der Waals surface area (Å²) in [5, 5.41) is 3.86. The molecule has 0 saturated carbocycles. The maximum absolute atomic E-state index is 5.30. The van der Waals surface area contributed by atoms with Gasteiger partial charge in [-0.2, -0.15) is 0 Å². The highest BCUT2D eigenvalue weighted by Gasteiger charge is 2.58. The summed E-state index contributed by atoms with van der Waals surface area (Å²) in [6, 6.07) is 145. The highest BCUT2D eigenvalue weighted by Crippen LogP contribution is 2.71. The van der Waals surface area contributed by atoms with Crippen LogP contribution in [0, 0.1) is 0 Å². The summed E-state index contributed by atoms with van der Waals surface area (Å²) in [4.78, 5) is 67.0. The average Bonchev–Trinajstić information content (AvgIpc) is 1.52. The SMILES string of the molecule is c1ccc(-c2cccc(-c3nc(-c4ccccc4)nc(-c4cccc5c4-c4ccccc4C54c5ccccc5-c5c4sc4ccccc54)n3)c2)cc1.c1ccc2c(c1)-c1ccccc1C21c2ccc(-c3nc(-c4ccncc4)nc(-c4ccncc4)n3)cc2-c2c1sc1ccccc21.c1cncc(-c2nc(-c3cccnc3)nc(-c3cccc4c3-c3c(sc5ccccc35)C43c4ccccc4-c4ccccc43)n2)c1. The van der Waals surface area contributed by atoms with Crippen molar-refractivity contribution in [2.75, 3.05) is 0 Å². The molecular formula is C128H75N13S3. The van der Waals surface area contributed by atoms with E-state index >= 15 is 0 Å². The van der Waals surface area contributed by atoms with E-state index in [2.05, 4.69) is 354 Å². The van der Waals surface area contributed by atoms with E-state index in [0.29, 0.717) is 52.4 Å². The third kappa shape index (κ3) is 12.4. The molecule has 6 aliphatic carbocycles. The van der Waals surface area contributed by atoms with E-state index in [-0.39, 0.29) is 5.41 Å². The Balaban J connectivity index is 0.000000103. The summed E-state index contributed by atoms with van der Waals surface area (Å²) in [6.45, 7) is 0. The van der Waals surface area contributed by atoms with Crippen LogP contribution in [0.25, 0.3) is 211 Å². The van der Waals surface area contributed by atoms with E-state index in [1.165, 1.54) is 162 Å². The fourth-order valence-electron chi connectivity index (χ4n) is 23.6. The number of pyridine rings is 4. The number of benzene rings is 15. The largest absolute Gasteiger partial charge is 0.265 e. The van der Waals surface area contributed by atoms with Crippen LogP contribution in [0.3, 0.4) is 0 Å². The molecule has 1 atom stereocenters. The Morgan fingerprint density at radius 2 is 0.444 bits per heavy atom. The molecule has 15 aromatic carbocycles. The molecular weight excluding hydrogens is 1820 g/mol. The van der Waals surface area contributed by atoms with Gasteiger partial charge in [-0.05, 0) is 190 Å². The molecule has 0 amide bonds. The van der Waals surface area contributed by atoms with Crippen molar-refractivity contribution < 1.29 is 0 Å². The molecule has 0 fully saturated rings. The summed E-state index contributed by atoms with van der Waals surface area (Å²) >= 11 is 5.74. The van der Waals surface area contributed by atoms with Gasteiger partial charge in [-0.3, -0.25) is 19.9 Å². The van der Waals surface area contributed by atoms with Crippen molar-refractivity contribution in [1.29, 1.82) is 0 Å². The van der Waals surface area contributed by atoms with Crippen molar-refractivity contribution in [3.05, 3.63) is 521 Å². The van der Waals surface area contributed by atoms with Gasteiger partial charge in [0.1, 0.15) is 0 Å². The minimum absolute atomic E-state index is 0.385. The Morgan fingerprint density at radius 1 is 0.153 bits per heavy atom. The minimum atomic E-state index is -0.445. The van der Waals surface area contributed by atoms with E-state index in [1.54, 1.807) is 49.6 Å². The number of rotatable bonds is 10. The third-order valence-electron chi connectivity index (χ3n) is 29.4. The lowest BCUT2D eigenvalue weighted by Gasteiger charge is -2.29. The Bertz CT molecular complexity index is 9360. The summed E-state index contributed by atoms with van der Waals surface area (Å²) in [6.07, 6.45) is 14.2. The second-order valence-electron chi connectivity index (χ2n) is 36.8. The lowest BCUT2D eigenvalue weighted by molar-refractivity contribution is 0.811. The number of nitrogens with zero attached hydrogens (tertiary/aromatic N) is 13. The van der Waals surface area contributed by atoms with Crippen LogP contribution in [0.4, 0.5) is 0 Å². The zero-order valence-corrected chi connectivity index (χ0v) is 79.3. The van der Waals surface area contributed by atoms with Crippen LogP contribution >= 0.6 is 34.0 Å². The minimum Gasteiger partial charge on any atom is -0.265 e. The molecule has 10 heterocycles. The highest BCUT2D eigenvalue weighted by atomic mass is 32.1. The Labute approximate surface area is 840 Å². The Kier molecular flexibility index (Phi) is 19.0. The molecule has 0 radical (unpaired) electrons. The predicted octanol–water partition coefficient (Wildman–Crippen LogP) is 30.5. The van der Waals surface area contributed by atoms with E-state index in [9.17, 15) is 0 Å². The van der Waals surface area contributed by atoms with Gasteiger partial charge in [0.2, 0.25) is 0 Å². The van der Waals surface area contributed by atoms with Crippen LogP contribution in [0.1, 0.15) is 64.7 Å². The average molecular weight is 1890 g/mol. The highest BCUT2D eigenvalue weighted by molar-refractivity contribution is 7.21. The molecule has 25 aromatic rings. The Hall–Kier alpha value is -18.2. The first-order valence-corrected chi connectivity index (χ1v) is 50.6. The predicted molar refractivity (Wildman–Crippen MR) is 580 cm³/mol. The molecule has 3 spiro atoms. The number of fused-ring (bicyclic) bond motifs is 36. The van der Waals surface area contributed by atoms with Gasteiger partial charge in [-0.1, -0.05) is 328 Å². The van der Waals surface area contributed by atoms with Crippen molar-refractivity contribution in [3.8, 4) is 180 Å². The first kappa shape index (κ1) is 82.8. The molecule has 31 rings (SSSR count). The van der Waals surface area contributed by atoms with E-state index in [1.807, 2.05) is 107 Å². The van der Waals surface area contributed by atoms with Crippen molar-refractivity contribution in [3.63, 3.8) is 0 Å². The standard InChI is InChI=1S/C48H29N3S.2C40H23N5S/c1-3-15-30(16-4-1)32-19-13-20-33(29-32)46-49-45(31-17-5-2-6-18-31)50-47(51-46)37-24-14-27-40-42(37)34-21-7-10-25-38(34)48(40)39-26-11-8-22-35(39)43-36-23-9-12-28-41(36)52-44(43)48;1-4-16-30-26(12-1)27-13-2-5-17-31(27)40(30)32-18-7-15-29(34(32)35-28-14-3-6-19-33(28)46-36(35)40)39-44-37(24-10-8-20-41-22-24)43-38(45-39)25-11-9-21-42-23-25;1-4-10-31-27(7-1)28-8-2-5-11-32(28)40(31)33-14-13-26(23-30(33)35-29-9-3-6-12-34(29)46-36(35)40)39-44-37(24-15-19-41-20-16-24)43-38(45-39)25-17-21-42-22-18-25/h1-29H;2*1-23H. The number of hydrogen-bond donors (Lipinski definition) is 0. The van der Waals surface area contributed by atoms with Crippen molar-refractivity contribution >= 4 is 64.3 Å². The van der Waals surface area contributed by atoms with Crippen LogP contribution in [-0.2, 0) is 16.2 Å². The van der Waals surface area contributed by atoms with Crippen LogP contribution in [-0.4, -0.2) is 64.8 Å². The van der Waals surface area contributed by atoms with E-state index in [4.69, 9.17) is 44.9 Å². The third-order valence-corrected chi connectivity index (χ3v) is 33.3. The van der Waals surface area contributed by atoms with Gasteiger partial charge in [-0.25, -0.2) is 44.9 Å². The zero-order chi connectivity index (χ0) is 94.7. The molecule has 670 valence electrons. The van der Waals surface area contributed by atoms with Crippen LogP contribution in [0.2, 0.25) is 0 Å². The smallest absolute Gasteiger partial charge is 0.165 e. The summed E-state index contributed by atoms with van der Waals surface area (Å²) in [5.74, 6) is 5.60. The van der Waals surface area contributed by atoms with E-state index < -0.39 is 10.8 Å². The van der Waals surface area contributed by atoms with E-state index in [0.717, 1.165) is 61.2 Å². The van der Waals surface area contributed by atoms with Gasteiger partial charge >= 0.3 is 0 Å². The fourth-order valence-corrected chi connectivity index (χ4v) is 27.9. The summed E-state index contributed by atoms with van der Waals surface area (Å²) < 4.78 is 3.89. The Morgan fingerprint density at radius 3 is 0.903 bits per heavy atom. The lowest BCUT2D eigenvalue weighted by atomic mass is 9.73. The number of aromatic nitrogens is 13. The molecule has 1 unspecified atom stereocenters. The zero-order valence-electron chi connectivity index (χ0n) is 76.8. The molecule has 0 aliphatic heterocycles. The van der Waals surface area contributed by atoms with Gasteiger partial charge in [0.25, 0.3) is 0 Å². The monoisotopic (exact) mass is 1890 g/mol. The molecule has 16 heteroatoms. The molecule has 144 heavy (non-hydrogen) atoms.